The molecule has 0 bridgehead atoms. The maximum absolute atomic E-state index is 12.8. The number of carbonyl (C=O) groups excluding carboxylic acids is 2. The van der Waals surface area contributed by atoms with Gasteiger partial charge in [-0.25, -0.2) is 0 Å². The zero-order valence-corrected chi connectivity index (χ0v) is 12.9. The topological polar surface area (TPSA) is 40.6 Å². The van der Waals surface area contributed by atoms with Crippen LogP contribution in [0.15, 0.2) is 0 Å². The molecule has 2 aliphatic heterocycles. The molecule has 0 aromatic rings. The van der Waals surface area contributed by atoms with Crippen molar-refractivity contribution in [3.8, 4) is 0 Å². The lowest BCUT2D eigenvalue weighted by Crippen LogP contribution is -2.65. The minimum absolute atomic E-state index is 0.161. The third kappa shape index (κ3) is 2.04. The molecule has 0 aromatic carbocycles. The van der Waals surface area contributed by atoms with Crippen LogP contribution in [-0.2, 0) is 9.59 Å². The van der Waals surface area contributed by atoms with E-state index >= 15 is 0 Å². The Morgan fingerprint density at radius 2 is 1.90 bits per heavy atom. The summed E-state index contributed by atoms with van der Waals surface area (Å²) < 4.78 is 0. The highest BCUT2D eigenvalue weighted by Crippen LogP contribution is 2.52. The highest BCUT2D eigenvalue weighted by atomic mass is 16.2. The predicted molar refractivity (Wildman–Crippen MR) is 77.0 cm³/mol. The second-order valence-electron chi connectivity index (χ2n) is 7.20. The number of carbonyl (C=O) groups is 2. The van der Waals surface area contributed by atoms with Crippen LogP contribution in [0.5, 0.6) is 0 Å². The molecular weight excluding hydrogens is 252 g/mol. The highest BCUT2D eigenvalue weighted by Gasteiger charge is 2.52. The summed E-state index contributed by atoms with van der Waals surface area (Å²) in [5, 5.41) is 0. The number of hydrogen-bond donors (Lipinski definition) is 0. The molecule has 2 atom stereocenters. The van der Waals surface area contributed by atoms with E-state index in [0.717, 1.165) is 32.4 Å². The summed E-state index contributed by atoms with van der Waals surface area (Å²) in [4.78, 5) is 29.0. The van der Waals surface area contributed by atoms with Crippen LogP contribution in [0.4, 0.5) is 0 Å². The molecule has 0 spiro atoms. The molecule has 2 heterocycles. The third-order valence-electron chi connectivity index (χ3n) is 5.78. The number of nitrogens with zero attached hydrogens (tertiary/aromatic N) is 2. The van der Waals surface area contributed by atoms with Gasteiger partial charge in [0, 0.05) is 13.1 Å². The molecule has 3 rings (SSSR count). The summed E-state index contributed by atoms with van der Waals surface area (Å²) in [6.45, 7) is 7.92. The van der Waals surface area contributed by atoms with Gasteiger partial charge in [0.15, 0.2) is 0 Å². The molecule has 4 heteroatoms. The van der Waals surface area contributed by atoms with E-state index in [9.17, 15) is 9.59 Å². The number of hydrogen-bond acceptors (Lipinski definition) is 2. The summed E-state index contributed by atoms with van der Waals surface area (Å²) in [5.41, 5.74) is 0.279. The minimum atomic E-state index is -0.270. The molecule has 0 aromatic heterocycles. The summed E-state index contributed by atoms with van der Waals surface area (Å²) in [7, 11) is 0. The number of rotatable bonds is 3. The van der Waals surface area contributed by atoms with Crippen LogP contribution in [-0.4, -0.2) is 46.8 Å². The lowest BCUT2D eigenvalue weighted by Gasteiger charge is -2.47. The molecule has 112 valence electrons. The third-order valence-corrected chi connectivity index (χ3v) is 5.78. The Labute approximate surface area is 121 Å². The lowest BCUT2D eigenvalue weighted by atomic mass is 9.89. The van der Waals surface area contributed by atoms with E-state index < -0.39 is 0 Å². The van der Waals surface area contributed by atoms with Crippen LogP contribution in [0.25, 0.3) is 0 Å². The average molecular weight is 278 g/mol. The van der Waals surface area contributed by atoms with E-state index in [1.165, 1.54) is 12.8 Å². The van der Waals surface area contributed by atoms with E-state index in [-0.39, 0.29) is 29.3 Å². The van der Waals surface area contributed by atoms with Crippen LogP contribution in [0, 0.1) is 11.3 Å². The van der Waals surface area contributed by atoms with Gasteiger partial charge >= 0.3 is 0 Å². The Morgan fingerprint density at radius 1 is 1.20 bits per heavy atom. The van der Waals surface area contributed by atoms with Crippen LogP contribution in [0.3, 0.4) is 0 Å². The van der Waals surface area contributed by atoms with Gasteiger partial charge in [0.1, 0.15) is 12.1 Å². The van der Waals surface area contributed by atoms with Crippen molar-refractivity contribution in [2.45, 2.75) is 65.0 Å². The minimum Gasteiger partial charge on any atom is -0.329 e. The molecule has 1 saturated carbocycles. The molecule has 2 saturated heterocycles. The van der Waals surface area contributed by atoms with Gasteiger partial charge in [0.25, 0.3) is 0 Å². The van der Waals surface area contributed by atoms with E-state index in [2.05, 4.69) is 13.8 Å². The standard InChI is InChI=1S/C16H26N2O2/c1-11(2)16(7-8-16)10-18-12(3)14(19)17-9-5-4-6-13(17)15(18)20/h11-13H,4-10H2,1-3H3. The summed E-state index contributed by atoms with van der Waals surface area (Å²) in [5.74, 6) is 0.944. The molecule has 3 aliphatic rings. The summed E-state index contributed by atoms with van der Waals surface area (Å²) in [6, 6.07) is -0.441. The molecule has 3 fully saturated rings. The maximum Gasteiger partial charge on any atom is 0.246 e. The first-order valence-corrected chi connectivity index (χ1v) is 8.07. The summed E-state index contributed by atoms with van der Waals surface area (Å²) in [6.07, 6.45) is 5.35. The van der Waals surface area contributed by atoms with Gasteiger partial charge in [-0.1, -0.05) is 13.8 Å². The van der Waals surface area contributed by atoms with E-state index in [0.29, 0.717) is 5.92 Å². The molecule has 0 N–H and O–H groups in total. The molecule has 2 unspecified atom stereocenters. The quantitative estimate of drug-likeness (QED) is 0.792. The van der Waals surface area contributed by atoms with Crippen molar-refractivity contribution in [1.82, 2.24) is 9.80 Å². The van der Waals surface area contributed by atoms with Crippen molar-refractivity contribution >= 4 is 11.8 Å². The van der Waals surface area contributed by atoms with Gasteiger partial charge in [-0.05, 0) is 50.4 Å². The van der Waals surface area contributed by atoms with Crippen LogP contribution < -0.4 is 0 Å². The Kier molecular flexibility index (Phi) is 3.30. The van der Waals surface area contributed by atoms with Crippen LogP contribution in [0.1, 0.15) is 52.9 Å². The van der Waals surface area contributed by atoms with E-state index in [1.807, 2.05) is 16.7 Å². The van der Waals surface area contributed by atoms with Crippen molar-refractivity contribution in [2.24, 2.45) is 11.3 Å². The fourth-order valence-corrected chi connectivity index (χ4v) is 3.84. The number of amides is 2. The zero-order chi connectivity index (χ0) is 14.5. The molecule has 1 aliphatic carbocycles. The second-order valence-corrected chi connectivity index (χ2v) is 7.20. The van der Waals surface area contributed by atoms with Crippen LogP contribution >= 0.6 is 0 Å². The Hall–Kier alpha value is -1.06. The highest BCUT2D eigenvalue weighted by molar-refractivity contribution is 5.97. The molecule has 0 radical (unpaired) electrons. The average Bonchev–Trinajstić information content (AvgIpc) is 3.22. The molecule has 20 heavy (non-hydrogen) atoms. The van der Waals surface area contributed by atoms with Crippen molar-refractivity contribution in [1.29, 1.82) is 0 Å². The van der Waals surface area contributed by atoms with Gasteiger partial charge in [0.05, 0.1) is 0 Å². The number of piperazine rings is 1. The largest absolute Gasteiger partial charge is 0.329 e. The normalized spacial score (nSPS) is 32.6. The first kappa shape index (κ1) is 13.9. The fourth-order valence-electron chi connectivity index (χ4n) is 3.84. The first-order valence-electron chi connectivity index (χ1n) is 8.07. The first-order chi connectivity index (χ1) is 9.46. The van der Waals surface area contributed by atoms with Crippen LogP contribution in [0.2, 0.25) is 0 Å². The van der Waals surface area contributed by atoms with Gasteiger partial charge < -0.3 is 9.80 Å². The van der Waals surface area contributed by atoms with Crippen molar-refractivity contribution in [3.63, 3.8) is 0 Å². The monoisotopic (exact) mass is 278 g/mol. The van der Waals surface area contributed by atoms with Crippen molar-refractivity contribution in [3.05, 3.63) is 0 Å². The number of piperidine rings is 1. The second kappa shape index (κ2) is 4.74. The predicted octanol–water partition coefficient (Wildman–Crippen LogP) is 2.03. The molecule has 4 nitrogen and oxygen atoms in total. The Balaban J connectivity index is 1.80. The maximum atomic E-state index is 12.8. The van der Waals surface area contributed by atoms with E-state index in [1.54, 1.807) is 0 Å². The number of fused-ring (bicyclic) bond motifs is 1. The van der Waals surface area contributed by atoms with Crippen molar-refractivity contribution in [2.75, 3.05) is 13.1 Å². The van der Waals surface area contributed by atoms with Gasteiger partial charge in [0.2, 0.25) is 11.8 Å². The Bertz CT molecular complexity index is 428. The lowest BCUT2D eigenvalue weighted by molar-refractivity contribution is -0.164. The smallest absolute Gasteiger partial charge is 0.246 e. The fraction of sp³-hybridized carbons (Fsp3) is 0.875. The van der Waals surface area contributed by atoms with Gasteiger partial charge in [-0.2, -0.15) is 0 Å². The molecular formula is C16H26N2O2. The summed E-state index contributed by atoms with van der Waals surface area (Å²) >= 11 is 0. The van der Waals surface area contributed by atoms with Crippen molar-refractivity contribution < 1.29 is 9.59 Å². The SMILES string of the molecule is CC1C(=O)N2CCCCC2C(=O)N1CC1(C(C)C)CC1. The Morgan fingerprint density at radius 3 is 2.50 bits per heavy atom. The van der Waals surface area contributed by atoms with Gasteiger partial charge in [-0.15, -0.1) is 0 Å². The zero-order valence-electron chi connectivity index (χ0n) is 12.9. The molecule has 2 amide bonds. The van der Waals surface area contributed by atoms with E-state index in [4.69, 9.17) is 0 Å². The van der Waals surface area contributed by atoms with Gasteiger partial charge in [-0.3, -0.25) is 9.59 Å².